The first kappa shape index (κ1) is 17.6. The number of nitrogens with zero attached hydrogens (tertiary/aromatic N) is 3. The molecule has 1 rings (SSSR count). The Morgan fingerprint density at radius 1 is 1.23 bits per heavy atom. The summed E-state index contributed by atoms with van der Waals surface area (Å²) in [4.78, 5) is 28.0. The number of carbonyl (C=O) groups is 2. The molecule has 1 aromatic carbocycles. The van der Waals surface area contributed by atoms with Gasteiger partial charge in [-0.05, 0) is 18.9 Å². The number of hydrogen-bond acceptors (Lipinski definition) is 3. The van der Waals surface area contributed by atoms with Gasteiger partial charge in [-0.25, -0.2) is 0 Å². The molecule has 118 valence electrons. The molecule has 0 N–H and O–H groups in total. The maximum absolute atomic E-state index is 12.1. The number of esters is 1. The smallest absolute Gasteiger partial charge is 0.353 e. The molecule has 0 saturated heterocycles. The normalized spacial score (nSPS) is 9.73. The molecule has 0 aliphatic heterocycles. The molecule has 1 aromatic rings. The van der Waals surface area contributed by atoms with Crippen LogP contribution in [0.2, 0.25) is 0 Å². The van der Waals surface area contributed by atoms with Gasteiger partial charge in [0.05, 0.1) is 13.0 Å². The molecule has 0 aliphatic carbocycles. The van der Waals surface area contributed by atoms with Crippen LogP contribution in [0.5, 0.6) is 0 Å². The Labute approximate surface area is 130 Å². The molecule has 0 radical (unpaired) electrons. The van der Waals surface area contributed by atoms with E-state index in [2.05, 4.69) is 4.79 Å². The summed E-state index contributed by atoms with van der Waals surface area (Å²) in [7, 11) is 0. The molecule has 0 fully saturated rings. The first-order valence-electron chi connectivity index (χ1n) is 7.26. The zero-order valence-corrected chi connectivity index (χ0v) is 13.0. The largest absolute Gasteiger partial charge is 0.466 e. The molecular formula is C16H21N3O3. The van der Waals surface area contributed by atoms with E-state index < -0.39 is 0 Å². The SMILES string of the molecule is CCOC(=O)CCN(CCc1ccccc1)C(=O)C(C)=[N+]=[N-]. The van der Waals surface area contributed by atoms with Crippen LogP contribution in [0, 0.1) is 0 Å². The van der Waals surface area contributed by atoms with E-state index >= 15 is 0 Å². The lowest BCUT2D eigenvalue weighted by Gasteiger charge is -2.20. The second-order valence-electron chi connectivity index (χ2n) is 4.77. The van der Waals surface area contributed by atoms with Gasteiger partial charge in [-0.2, -0.15) is 4.79 Å². The maximum Gasteiger partial charge on any atom is 0.353 e. The number of benzene rings is 1. The highest BCUT2D eigenvalue weighted by molar-refractivity contribution is 6.35. The lowest BCUT2D eigenvalue weighted by molar-refractivity contribution is -0.144. The van der Waals surface area contributed by atoms with Gasteiger partial charge in [0, 0.05) is 20.0 Å². The van der Waals surface area contributed by atoms with Crippen molar-refractivity contribution >= 4 is 17.6 Å². The molecule has 0 aromatic heterocycles. The van der Waals surface area contributed by atoms with Crippen molar-refractivity contribution < 1.29 is 19.1 Å². The summed E-state index contributed by atoms with van der Waals surface area (Å²) < 4.78 is 4.87. The minimum absolute atomic E-state index is 0.00285. The van der Waals surface area contributed by atoms with Gasteiger partial charge >= 0.3 is 17.6 Å². The first-order chi connectivity index (χ1) is 10.6. The Morgan fingerprint density at radius 2 is 1.91 bits per heavy atom. The van der Waals surface area contributed by atoms with Gasteiger partial charge < -0.3 is 15.2 Å². The third-order valence-electron chi connectivity index (χ3n) is 3.15. The van der Waals surface area contributed by atoms with Gasteiger partial charge in [-0.15, -0.1) is 0 Å². The van der Waals surface area contributed by atoms with Gasteiger partial charge in [0.1, 0.15) is 0 Å². The molecule has 22 heavy (non-hydrogen) atoms. The van der Waals surface area contributed by atoms with Crippen LogP contribution < -0.4 is 0 Å². The first-order valence-corrected chi connectivity index (χ1v) is 7.26. The van der Waals surface area contributed by atoms with Gasteiger partial charge in [-0.3, -0.25) is 9.59 Å². The van der Waals surface area contributed by atoms with Crippen molar-refractivity contribution in [2.75, 3.05) is 19.7 Å². The van der Waals surface area contributed by atoms with Crippen LogP contribution in [0.3, 0.4) is 0 Å². The standard InChI is InChI=1S/C16H21N3O3/c1-3-22-15(20)10-12-19(16(21)13(2)18-17)11-9-14-7-5-4-6-8-14/h4-8H,3,9-12H2,1-2H3. The highest BCUT2D eigenvalue weighted by atomic mass is 16.5. The maximum atomic E-state index is 12.1. The van der Waals surface area contributed by atoms with Crippen molar-refractivity contribution in [2.45, 2.75) is 26.7 Å². The molecule has 0 heterocycles. The predicted octanol–water partition coefficient (Wildman–Crippen LogP) is 1.70. The number of hydrogen-bond donors (Lipinski definition) is 0. The Balaban J connectivity index is 2.67. The minimum Gasteiger partial charge on any atom is -0.466 e. The minimum atomic E-state index is -0.386. The Bertz CT molecular complexity index is 551. The lowest BCUT2D eigenvalue weighted by atomic mass is 10.1. The summed E-state index contributed by atoms with van der Waals surface area (Å²) in [5.74, 6) is -0.735. The fourth-order valence-electron chi connectivity index (χ4n) is 1.95. The molecule has 0 spiro atoms. The van der Waals surface area contributed by atoms with Crippen LogP contribution in [-0.4, -0.2) is 47.0 Å². The van der Waals surface area contributed by atoms with E-state index in [-0.39, 0.29) is 30.6 Å². The third-order valence-corrected chi connectivity index (χ3v) is 3.15. The molecule has 0 bridgehead atoms. The average molecular weight is 303 g/mol. The molecule has 0 saturated carbocycles. The van der Waals surface area contributed by atoms with Gasteiger partial charge in [0.15, 0.2) is 0 Å². The predicted molar refractivity (Wildman–Crippen MR) is 82.3 cm³/mol. The quantitative estimate of drug-likeness (QED) is 0.317. The number of ether oxygens (including phenoxy) is 1. The second kappa shape index (κ2) is 9.47. The highest BCUT2D eigenvalue weighted by Crippen LogP contribution is 2.04. The van der Waals surface area contributed by atoms with Crippen molar-refractivity contribution in [3.63, 3.8) is 0 Å². The van der Waals surface area contributed by atoms with E-state index in [1.165, 1.54) is 11.8 Å². The van der Waals surface area contributed by atoms with E-state index in [0.717, 1.165) is 5.56 Å². The summed E-state index contributed by atoms with van der Waals surface area (Å²) in [5, 5.41) is 0. The van der Waals surface area contributed by atoms with Crippen molar-refractivity contribution in [1.82, 2.24) is 4.90 Å². The van der Waals surface area contributed by atoms with E-state index in [1.54, 1.807) is 6.92 Å². The van der Waals surface area contributed by atoms with E-state index in [0.29, 0.717) is 19.6 Å². The third kappa shape index (κ3) is 5.89. The Morgan fingerprint density at radius 3 is 2.50 bits per heavy atom. The van der Waals surface area contributed by atoms with Crippen LogP contribution in [0.4, 0.5) is 0 Å². The lowest BCUT2D eigenvalue weighted by Crippen LogP contribution is -2.39. The summed E-state index contributed by atoms with van der Waals surface area (Å²) in [6.07, 6.45) is 0.779. The zero-order chi connectivity index (χ0) is 16.4. The fourth-order valence-corrected chi connectivity index (χ4v) is 1.95. The van der Waals surface area contributed by atoms with Crippen LogP contribution in [0.1, 0.15) is 25.8 Å². The molecule has 1 amide bonds. The van der Waals surface area contributed by atoms with E-state index in [1.807, 2.05) is 30.3 Å². The van der Waals surface area contributed by atoms with Crippen molar-refractivity contribution in [1.29, 1.82) is 0 Å². The summed E-state index contributed by atoms with van der Waals surface area (Å²) >= 11 is 0. The second-order valence-corrected chi connectivity index (χ2v) is 4.77. The fraction of sp³-hybridized carbons (Fsp3) is 0.438. The van der Waals surface area contributed by atoms with E-state index in [9.17, 15) is 9.59 Å². The average Bonchev–Trinajstić information content (AvgIpc) is 2.54. The Hall–Kier alpha value is -2.46. The number of rotatable bonds is 8. The van der Waals surface area contributed by atoms with Crippen molar-refractivity contribution in [2.24, 2.45) is 0 Å². The molecular weight excluding hydrogens is 282 g/mol. The van der Waals surface area contributed by atoms with E-state index in [4.69, 9.17) is 10.3 Å². The monoisotopic (exact) mass is 303 g/mol. The van der Waals surface area contributed by atoms with Crippen LogP contribution in [-0.2, 0) is 20.7 Å². The summed E-state index contributed by atoms with van der Waals surface area (Å²) in [6.45, 7) is 4.15. The molecule has 6 heteroatoms. The zero-order valence-electron chi connectivity index (χ0n) is 13.0. The Kier molecular flexibility index (Phi) is 7.57. The molecule has 0 atom stereocenters. The van der Waals surface area contributed by atoms with Crippen LogP contribution in [0.15, 0.2) is 30.3 Å². The number of carbonyl (C=O) groups excluding carboxylic acids is 2. The van der Waals surface area contributed by atoms with Crippen molar-refractivity contribution in [3.8, 4) is 0 Å². The molecule has 0 aliphatic rings. The topological polar surface area (TPSA) is 83.0 Å². The van der Waals surface area contributed by atoms with Crippen LogP contribution >= 0.6 is 0 Å². The molecule has 0 unspecified atom stereocenters. The highest BCUT2D eigenvalue weighted by Gasteiger charge is 2.22. The van der Waals surface area contributed by atoms with Gasteiger partial charge in [-0.1, -0.05) is 30.3 Å². The van der Waals surface area contributed by atoms with Gasteiger partial charge in [0.2, 0.25) is 0 Å². The summed E-state index contributed by atoms with van der Waals surface area (Å²) in [6, 6.07) is 9.73. The summed E-state index contributed by atoms with van der Waals surface area (Å²) in [5.41, 5.74) is 9.84. The molecule has 6 nitrogen and oxygen atoms in total. The van der Waals surface area contributed by atoms with Gasteiger partial charge in [0.25, 0.3) is 0 Å². The van der Waals surface area contributed by atoms with Crippen LogP contribution in [0.25, 0.3) is 5.53 Å². The number of amides is 1. The van der Waals surface area contributed by atoms with Crippen molar-refractivity contribution in [3.05, 3.63) is 41.4 Å².